The average Bonchev–Trinajstić information content (AvgIpc) is 2.50. The predicted molar refractivity (Wildman–Crippen MR) is 98.1 cm³/mol. The molecule has 0 radical (unpaired) electrons. The van der Waals surface area contributed by atoms with Gasteiger partial charge in [-0.2, -0.15) is 0 Å². The Morgan fingerprint density at radius 2 is 1.32 bits per heavy atom. The van der Waals surface area contributed by atoms with Gasteiger partial charge in [0, 0.05) is 18.8 Å². The highest BCUT2D eigenvalue weighted by atomic mass is 16.3. The molecule has 0 heterocycles. The summed E-state index contributed by atoms with van der Waals surface area (Å²) in [7, 11) is 0. The van der Waals surface area contributed by atoms with Crippen LogP contribution >= 0.6 is 0 Å². The molecular formula is C20H35NO. The molecule has 0 atom stereocenters. The van der Waals surface area contributed by atoms with Gasteiger partial charge in [0.2, 0.25) is 0 Å². The molecule has 0 bridgehead atoms. The van der Waals surface area contributed by atoms with Crippen LogP contribution in [0.3, 0.4) is 0 Å². The van der Waals surface area contributed by atoms with Crippen LogP contribution in [0.4, 0.5) is 5.69 Å². The maximum atomic E-state index is 9.88. The number of hydrogen-bond donors (Lipinski definition) is 1. The van der Waals surface area contributed by atoms with Crippen molar-refractivity contribution in [2.75, 3.05) is 18.0 Å². The van der Waals surface area contributed by atoms with Gasteiger partial charge in [-0.3, -0.25) is 0 Å². The van der Waals surface area contributed by atoms with E-state index >= 15 is 0 Å². The van der Waals surface area contributed by atoms with Crippen molar-refractivity contribution in [2.24, 2.45) is 0 Å². The van der Waals surface area contributed by atoms with Gasteiger partial charge in [-0.15, -0.1) is 0 Å². The molecule has 0 unspecified atom stereocenters. The van der Waals surface area contributed by atoms with Crippen molar-refractivity contribution >= 4 is 5.69 Å². The van der Waals surface area contributed by atoms with Crippen LogP contribution in [0.15, 0.2) is 12.1 Å². The lowest BCUT2D eigenvalue weighted by Gasteiger charge is -2.27. The first-order chi connectivity index (χ1) is 10.6. The summed E-state index contributed by atoms with van der Waals surface area (Å²) in [5.74, 6) is 0.415. The van der Waals surface area contributed by atoms with E-state index in [4.69, 9.17) is 0 Å². The Hall–Kier alpha value is -1.18. The van der Waals surface area contributed by atoms with Gasteiger partial charge in [-0.05, 0) is 49.9 Å². The molecule has 2 nitrogen and oxygen atoms in total. The van der Waals surface area contributed by atoms with Crippen molar-refractivity contribution in [1.82, 2.24) is 0 Å². The molecule has 126 valence electrons. The summed E-state index contributed by atoms with van der Waals surface area (Å²) < 4.78 is 0. The molecule has 22 heavy (non-hydrogen) atoms. The number of phenols is 1. The first-order valence-electron chi connectivity index (χ1n) is 9.15. The number of unbranched alkanes of at least 4 members (excludes halogenated alkanes) is 6. The molecular weight excluding hydrogens is 270 g/mol. The molecule has 0 spiro atoms. The average molecular weight is 306 g/mol. The zero-order chi connectivity index (χ0) is 16.4. The van der Waals surface area contributed by atoms with E-state index in [0.29, 0.717) is 5.75 Å². The maximum Gasteiger partial charge on any atom is 0.118 e. The number of hydrogen-bond acceptors (Lipinski definition) is 2. The van der Waals surface area contributed by atoms with Crippen molar-refractivity contribution in [2.45, 2.75) is 79.1 Å². The lowest BCUT2D eigenvalue weighted by Crippen LogP contribution is -2.26. The fourth-order valence-corrected chi connectivity index (χ4v) is 2.94. The number of rotatable bonds is 11. The Labute approximate surface area is 137 Å². The van der Waals surface area contributed by atoms with E-state index in [2.05, 4.69) is 31.7 Å². The standard InChI is InChI=1S/C20H35NO/c1-5-7-9-11-13-21(14-12-10-8-6-2)19-15-18(4)20(22)16-17(19)3/h15-16,22H,5-14H2,1-4H3. The van der Waals surface area contributed by atoms with E-state index in [1.165, 1.54) is 62.6 Å². The highest BCUT2D eigenvalue weighted by Crippen LogP contribution is 2.28. The molecule has 0 aliphatic carbocycles. The molecule has 0 saturated carbocycles. The topological polar surface area (TPSA) is 23.5 Å². The maximum absolute atomic E-state index is 9.88. The third kappa shape index (κ3) is 6.29. The Morgan fingerprint density at radius 1 is 0.773 bits per heavy atom. The summed E-state index contributed by atoms with van der Waals surface area (Å²) in [4.78, 5) is 2.53. The Balaban J connectivity index is 2.72. The van der Waals surface area contributed by atoms with Crippen LogP contribution in [0.25, 0.3) is 0 Å². The zero-order valence-electron chi connectivity index (χ0n) is 15.1. The van der Waals surface area contributed by atoms with Crippen molar-refractivity contribution in [3.05, 3.63) is 23.3 Å². The molecule has 0 aliphatic heterocycles. The first kappa shape index (κ1) is 18.9. The van der Waals surface area contributed by atoms with Crippen LogP contribution < -0.4 is 4.90 Å². The summed E-state index contributed by atoms with van der Waals surface area (Å²) in [5.41, 5.74) is 3.48. The van der Waals surface area contributed by atoms with Crippen molar-refractivity contribution in [1.29, 1.82) is 0 Å². The normalized spacial score (nSPS) is 10.9. The molecule has 1 N–H and O–H groups in total. The third-order valence-corrected chi connectivity index (χ3v) is 4.42. The van der Waals surface area contributed by atoms with Gasteiger partial charge >= 0.3 is 0 Å². The lowest BCUT2D eigenvalue weighted by atomic mass is 10.1. The Morgan fingerprint density at radius 3 is 1.82 bits per heavy atom. The minimum Gasteiger partial charge on any atom is -0.508 e. The molecule has 0 aromatic heterocycles. The number of aryl methyl sites for hydroxylation is 2. The molecule has 0 aliphatic rings. The zero-order valence-corrected chi connectivity index (χ0v) is 15.1. The van der Waals surface area contributed by atoms with E-state index in [9.17, 15) is 5.11 Å². The fourth-order valence-electron chi connectivity index (χ4n) is 2.94. The van der Waals surface area contributed by atoms with E-state index < -0.39 is 0 Å². The van der Waals surface area contributed by atoms with Gasteiger partial charge in [0.05, 0.1) is 0 Å². The van der Waals surface area contributed by atoms with Crippen LogP contribution in [0.1, 0.15) is 76.3 Å². The molecule has 0 amide bonds. The molecule has 1 aromatic carbocycles. The van der Waals surface area contributed by atoms with Crippen LogP contribution in [0.2, 0.25) is 0 Å². The highest BCUT2D eigenvalue weighted by molar-refractivity contribution is 5.58. The van der Waals surface area contributed by atoms with Gasteiger partial charge in [0.25, 0.3) is 0 Å². The monoisotopic (exact) mass is 305 g/mol. The summed E-state index contributed by atoms with van der Waals surface area (Å²) in [6.45, 7) is 10.9. The van der Waals surface area contributed by atoms with Gasteiger partial charge < -0.3 is 10.0 Å². The Kier molecular flexibility index (Phi) is 9.03. The molecule has 2 heteroatoms. The number of aromatic hydroxyl groups is 1. The highest BCUT2D eigenvalue weighted by Gasteiger charge is 2.11. The van der Waals surface area contributed by atoms with Crippen LogP contribution in [-0.2, 0) is 0 Å². The first-order valence-corrected chi connectivity index (χ1v) is 9.15. The van der Waals surface area contributed by atoms with Crippen molar-refractivity contribution in [3.63, 3.8) is 0 Å². The lowest BCUT2D eigenvalue weighted by molar-refractivity contribution is 0.470. The number of anilines is 1. The summed E-state index contributed by atoms with van der Waals surface area (Å²) in [6.07, 6.45) is 10.4. The largest absolute Gasteiger partial charge is 0.508 e. The second kappa shape index (κ2) is 10.5. The smallest absolute Gasteiger partial charge is 0.118 e. The SMILES string of the molecule is CCCCCCN(CCCCCC)c1cc(C)c(O)cc1C. The van der Waals surface area contributed by atoms with Gasteiger partial charge in [0.1, 0.15) is 5.75 Å². The number of phenolic OH excluding ortho intramolecular Hbond substituents is 1. The summed E-state index contributed by atoms with van der Waals surface area (Å²) >= 11 is 0. The molecule has 0 saturated heterocycles. The van der Waals surface area contributed by atoms with Gasteiger partial charge in [-0.25, -0.2) is 0 Å². The molecule has 1 aromatic rings. The molecule has 0 fully saturated rings. The molecule has 1 rings (SSSR count). The van der Waals surface area contributed by atoms with E-state index in [0.717, 1.165) is 18.7 Å². The van der Waals surface area contributed by atoms with Crippen LogP contribution in [0.5, 0.6) is 5.75 Å². The second-order valence-corrected chi connectivity index (χ2v) is 6.53. The van der Waals surface area contributed by atoms with Crippen molar-refractivity contribution in [3.8, 4) is 5.75 Å². The Bertz CT molecular complexity index is 416. The minimum absolute atomic E-state index is 0.415. The van der Waals surface area contributed by atoms with Gasteiger partial charge in [0.15, 0.2) is 0 Å². The minimum atomic E-state index is 0.415. The fraction of sp³-hybridized carbons (Fsp3) is 0.700. The van der Waals surface area contributed by atoms with Crippen molar-refractivity contribution < 1.29 is 5.11 Å². The number of nitrogens with zero attached hydrogens (tertiary/aromatic N) is 1. The predicted octanol–water partition coefficient (Wildman–Crippen LogP) is 5.98. The summed E-state index contributed by atoms with van der Waals surface area (Å²) in [6, 6.07) is 4.07. The summed E-state index contributed by atoms with van der Waals surface area (Å²) in [5, 5.41) is 9.88. The second-order valence-electron chi connectivity index (χ2n) is 6.53. The number of benzene rings is 1. The van der Waals surface area contributed by atoms with Crippen LogP contribution in [-0.4, -0.2) is 18.2 Å². The van der Waals surface area contributed by atoms with E-state index in [-0.39, 0.29) is 0 Å². The van der Waals surface area contributed by atoms with Gasteiger partial charge in [-0.1, -0.05) is 52.4 Å². The third-order valence-electron chi connectivity index (χ3n) is 4.42. The van der Waals surface area contributed by atoms with Crippen LogP contribution in [0, 0.1) is 13.8 Å². The van der Waals surface area contributed by atoms with E-state index in [1.807, 2.05) is 13.0 Å². The van der Waals surface area contributed by atoms with E-state index in [1.54, 1.807) is 0 Å². The quantitative estimate of drug-likeness (QED) is 0.509.